The number of carbonyl (C=O) groups is 1. The van der Waals surface area contributed by atoms with Crippen LogP contribution in [0.1, 0.15) is 12.8 Å². The lowest BCUT2D eigenvalue weighted by atomic mass is 9.96. The van der Waals surface area contributed by atoms with Gasteiger partial charge in [0.1, 0.15) is 24.8 Å². The molecular formula is C12H13NO4. The van der Waals surface area contributed by atoms with Crippen LogP contribution in [0.5, 0.6) is 0 Å². The van der Waals surface area contributed by atoms with Gasteiger partial charge in [-0.05, 0) is 18.4 Å². The Bertz CT molecular complexity index is 420. The second-order valence-corrected chi connectivity index (χ2v) is 3.64. The van der Waals surface area contributed by atoms with E-state index >= 15 is 0 Å². The first-order valence-corrected chi connectivity index (χ1v) is 5.29. The number of carboxylic acid groups (broad SMARTS) is 1. The Kier molecular flexibility index (Phi) is 3.49. The first kappa shape index (κ1) is 11.3. The molecule has 0 saturated heterocycles. The van der Waals surface area contributed by atoms with Gasteiger partial charge in [0.05, 0.1) is 0 Å². The minimum absolute atomic E-state index is 0.441. The summed E-state index contributed by atoms with van der Waals surface area (Å²) in [5.41, 5.74) is 0.958. The molecule has 2 N–H and O–H groups in total. The van der Waals surface area contributed by atoms with E-state index in [9.17, 15) is 4.79 Å². The topological polar surface area (TPSA) is 67.8 Å². The molecule has 2 rings (SSSR count). The molecular weight excluding hydrogens is 222 g/mol. The third kappa shape index (κ3) is 2.90. The lowest BCUT2D eigenvalue weighted by Crippen LogP contribution is -2.37. The molecule has 0 fully saturated rings. The predicted octanol–water partition coefficient (Wildman–Crippen LogP) is 2.26. The molecule has 0 unspecified atom stereocenters. The van der Waals surface area contributed by atoms with Crippen molar-refractivity contribution < 1.29 is 19.4 Å². The highest BCUT2D eigenvalue weighted by atomic mass is 16.5. The highest BCUT2D eigenvalue weighted by Gasteiger charge is 2.24. The van der Waals surface area contributed by atoms with Gasteiger partial charge in [0.2, 0.25) is 0 Å². The third-order valence-corrected chi connectivity index (χ3v) is 2.49. The van der Waals surface area contributed by atoms with Gasteiger partial charge >= 0.3 is 6.09 Å². The Morgan fingerprint density at radius 1 is 1.47 bits per heavy atom. The Balaban J connectivity index is 2.18. The van der Waals surface area contributed by atoms with Crippen LogP contribution in [0, 0.1) is 0 Å². The van der Waals surface area contributed by atoms with Gasteiger partial charge in [-0.3, -0.25) is 0 Å². The van der Waals surface area contributed by atoms with Gasteiger partial charge in [-0.2, -0.15) is 0 Å². The largest absolute Gasteiger partial charge is 0.466 e. The van der Waals surface area contributed by atoms with E-state index in [0.29, 0.717) is 5.76 Å². The van der Waals surface area contributed by atoms with Crippen molar-refractivity contribution in [3.63, 3.8) is 0 Å². The fraction of sp³-hybridized carbons (Fsp3) is 0.250. The molecule has 2 aliphatic rings. The van der Waals surface area contributed by atoms with Crippen molar-refractivity contribution in [2.75, 3.05) is 0 Å². The molecule has 1 heterocycles. The molecule has 90 valence electrons. The van der Waals surface area contributed by atoms with Gasteiger partial charge in [-0.25, -0.2) is 4.79 Å². The second kappa shape index (κ2) is 5.25. The normalized spacial score (nSPS) is 19.5. The molecule has 1 atom stereocenters. The smallest absolute Gasteiger partial charge is 0.405 e. The fourth-order valence-corrected chi connectivity index (χ4v) is 1.74. The number of rotatable bonds is 3. The zero-order chi connectivity index (χ0) is 12.1. The molecule has 1 aliphatic carbocycles. The van der Waals surface area contributed by atoms with Gasteiger partial charge in [0.15, 0.2) is 5.76 Å². The molecule has 5 heteroatoms. The quantitative estimate of drug-likeness (QED) is 0.787. The maximum atomic E-state index is 10.8. The first-order chi connectivity index (χ1) is 8.27. The Morgan fingerprint density at radius 2 is 2.35 bits per heavy atom. The van der Waals surface area contributed by atoms with Crippen molar-refractivity contribution in [2.24, 2.45) is 0 Å². The van der Waals surface area contributed by atoms with Crippen molar-refractivity contribution in [3.8, 4) is 0 Å². The van der Waals surface area contributed by atoms with Gasteiger partial charge in [0.25, 0.3) is 0 Å². The summed E-state index contributed by atoms with van der Waals surface area (Å²) in [6.07, 6.45) is 10.6. The Morgan fingerprint density at radius 3 is 2.94 bits per heavy atom. The number of amides is 1. The van der Waals surface area contributed by atoms with E-state index in [1.54, 1.807) is 0 Å². The van der Waals surface area contributed by atoms with E-state index in [-0.39, 0.29) is 0 Å². The molecule has 0 bridgehead atoms. The van der Waals surface area contributed by atoms with Crippen LogP contribution in [-0.2, 0) is 9.47 Å². The van der Waals surface area contributed by atoms with E-state index < -0.39 is 12.1 Å². The predicted molar refractivity (Wildman–Crippen MR) is 60.8 cm³/mol. The molecule has 0 spiro atoms. The molecule has 0 aromatic rings. The SMILES string of the molecule is O=C(O)N[C@@H](C1=CC=CCC1)C1=COC=CO1. The van der Waals surface area contributed by atoms with Gasteiger partial charge in [-0.1, -0.05) is 18.2 Å². The van der Waals surface area contributed by atoms with Gasteiger partial charge in [0, 0.05) is 0 Å². The molecule has 0 aromatic carbocycles. The molecule has 0 radical (unpaired) electrons. The average Bonchev–Trinajstić information content (AvgIpc) is 2.38. The van der Waals surface area contributed by atoms with Crippen LogP contribution < -0.4 is 5.32 Å². The summed E-state index contributed by atoms with van der Waals surface area (Å²) in [5.74, 6) is 0.441. The highest BCUT2D eigenvalue weighted by Crippen LogP contribution is 2.23. The van der Waals surface area contributed by atoms with Crippen molar-refractivity contribution in [3.05, 3.63) is 48.3 Å². The summed E-state index contributed by atoms with van der Waals surface area (Å²) >= 11 is 0. The first-order valence-electron chi connectivity index (χ1n) is 5.29. The van der Waals surface area contributed by atoms with Gasteiger partial charge < -0.3 is 19.9 Å². The van der Waals surface area contributed by atoms with Crippen LogP contribution in [0.25, 0.3) is 0 Å². The molecule has 17 heavy (non-hydrogen) atoms. The minimum atomic E-state index is -1.09. The summed E-state index contributed by atoms with van der Waals surface area (Å²) in [7, 11) is 0. The van der Waals surface area contributed by atoms with Crippen molar-refractivity contribution in [1.29, 1.82) is 0 Å². The lowest BCUT2D eigenvalue weighted by Gasteiger charge is -2.24. The highest BCUT2D eigenvalue weighted by molar-refractivity contribution is 5.66. The summed E-state index contributed by atoms with van der Waals surface area (Å²) in [6.45, 7) is 0. The maximum Gasteiger partial charge on any atom is 0.405 e. The van der Waals surface area contributed by atoms with E-state index in [2.05, 4.69) is 5.32 Å². The van der Waals surface area contributed by atoms with E-state index in [4.69, 9.17) is 14.6 Å². The summed E-state index contributed by atoms with van der Waals surface area (Å²) in [5, 5.41) is 11.3. The molecule has 5 nitrogen and oxygen atoms in total. The van der Waals surface area contributed by atoms with Crippen LogP contribution in [0.3, 0.4) is 0 Å². The van der Waals surface area contributed by atoms with Crippen LogP contribution in [0.15, 0.2) is 48.3 Å². The van der Waals surface area contributed by atoms with Crippen LogP contribution in [0.4, 0.5) is 4.79 Å². The van der Waals surface area contributed by atoms with Crippen molar-refractivity contribution >= 4 is 6.09 Å². The van der Waals surface area contributed by atoms with Gasteiger partial charge in [-0.15, -0.1) is 0 Å². The maximum absolute atomic E-state index is 10.8. The lowest BCUT2D eigenvalue weighted by molar-refractivity contribution is 0.184. The van der Waals surface area contributed by atoms with Crippen molar-refractivity contribution in [1.82, 2.24) is 5.32 Å². The van der Waals surface area contributed by atoms with Crippen LogP contribution >= 0.6 is 0 Å². The zero-order valence-electron chi connectivity index (χ0n) is 9.13. The minimum Gasteiger partial charge on any atom is -0.466 e. The number of hydrogen-bond donors (Lipinski definition) is 2. The van der Waals surface area contributed by atoms with E-state index in [1.165, 1.54) is 18.8 Å². The van der Waals surface area contributed by atoms with E-state index in [1.807, 2.05) is 18.2 Å². The number of nitrogens with one attached hydrogen (secondary N) is 1. The summed E-state index contributed by atoms with van der Waals surface area (Å²) in [4.78, 5) is 10.8. The number of ether oxygens (including phenoxy) is 2. The number of allylic oxidation sites excluding steroid dienone is 3. The van der Waals surface area contributed by atoms with E-state index in [0.717, 1.165) is 18.4 Å². The Labute approximate surface area is 98.7 Å². The molecule has 1 amide bonds. The number of hydrogen-bond acceptors (Lipinski definition) is 3. The summed E-state index contributed by atoms with van der Waals surface area (Å²) < 4.78 is 10.2. The zero-order valence-corrected chi connectivity index (χ0v) is 9.13. The fourth-order valence-electron chi connectivity index (χ4n) is 1.74. The molecule has 1 aliphatic heterocycles. The van der Waals surface area contributed by atoms with Crippen LogP contribution in [-0.4, -0.2) is 17.2 Å². The molecule has 0 saturated carbocycles. The monoisotopic (exact) mass is 235 g/mol. The average molecular weight is 235 g/mol. The van der Waals surface area contributed by atoms with Crippen LogP contribution in [0.2, 0.25) is 0 Å². The third-order valence-electron chi connectivity index (χ3n) is 2.49. The summed E-state index contributed by atoms with van der Waals surface area (Å²) in [6, 6.07) is -0.498. The standard InChI is InChI=1S/C12H13NO4/c14-12(15)13-11(9-4-2-1-3-5-9)10-8-16-6-7-17-10/h1-2,4,6-8,11,13H,3,5H2,(H,14,15)/t11-/m0/s1. The second-order valence-electron chi connectivity index (χ2n) is 3.64. The molecule has 0 aromatic heterocycles. The Hall–Kier alpha value is -2.17. The van der Waals surface area contributed by atoms with Crippen molar-refractivity contribution in [2.45, 2.75) is 18.9 Å².